The maximum absolute atomic E-state index is 4.60. The first-order chi connectivity index (χ1) is 9.43. The van der Waals surface area contributed by atoms with Crippen LogP contribution in [0, 0.1) is 0 Å². The maximum Gasteiger partial charge on any atom is 0.0743 e. The van der Waals surface area contributed by atoms with Gasteiger partial charge in [0.25, 0.3) is 0 Å². The molecule has 1 aromatic heterocycles. The first kappa shape index (κ1) is 10.5. The number of pyridine rings is 1. The molecule has 0 amide bonds. The van der Waals surface area contributed by atoms with Crippen molar-refractivity contribution in [2.24, 2.45) is 0 Å². The third-order valence-corrected chi connectivity index (χ3v) is 3.78. The Morgan fingerprint density at radius 1 is 0.737 bits per heavy atom. The molecular weight excluding hydrogens is 230 g/mol. The second-order valence-corrected chi connectivity index (χ2v) is 4.89. The minimum atomic E-state index is 0.990. The summed E-state index contributed by atoms with van der Waals surface area (Å²) in [5.41, 5.74) is 7.78. The number of aromatic nitrogens is 1. The Morgan fingerprint density at radius 2 is 1.53 bits per heavy atom. The molecule has 0 saturated heterocycles. The Bertz CT molecular complexity index is 745. The second-order valence-electron chi connectivity index (χ2n) is 4.89. The molecule has 1 heterocycles. The van der Waals surface area contributed by atoms with E-state index in [2.05, 4.69) is 59.6 Å². The molecule has 0 bridgehead atoms. The Labute approximate surface area is 112 Å². The molecule has 1 heteroatoms. The number of fused-ring (bicyclic) bond motifs is 3. The highest BCUT2D eigenvalue weighted by Gasteiger charge is 2.21. The van der Waals surface area contributed by atoms with Crippen LogP contribution in [0.25, 0.3) is 22.4 Å². The molecule has 1 aliphatic rings. The Hall–Kier alpha value is -2.41. The van der Waals surface area contributed by atoms with Crippen LogP contribution < -0.4 is 0 Å². The fourth-order valence-corrected chi connectivity index (χ4v) is 2.90. The smallest absolute Gasteiger partial charge is 0.0743 e. The van der Waals surface area contributed by atoms with Gasteiger partial charge in [0.15, 0.2) is 0 Å². The fourth-order valence-electron chi connectivity index (χ4n) is 2.90. The molecule has 0 unspecified atom stereocenters. The molecular formula is C18H13N. The van der Waals surface area contributed by atoms with Gasteiger partial charge in [-0.1, -0.05) is 54.6 Å². The summed E-state index contributed by atoms with van der Waals surface area (Å²) < 4.78 is 0. The van der Waals surface area contributed by atoms with E-state index >= 15 is 0 Å². The fraction of sp³-hybridized carbons (Fsp3) is 0.0556. The van der Waals surface area contributed by atoms with Crippen molar-refractivity contribution in [1.82, 2.24) is 4.98 Å². The summed E-state index contributed by atoms with van der Waals surface area (Å²) in [6, 6.07) is 21.2. The topological polar surface area (TPSA) is 12.9 Å². The standard InChI is InChI=1S/C18H13N/c1-2-6-13(7-3-1)18-17-12-14-8-4-5-9-15(14)16(17)10-11-19-18/h1-11H,12H2. The molecule has 0 atom stereocenters. The predicted octanol–water partition coefficient (Wildman–Crippen LogP) is 4.32. The lowest BCUT2D eigenvalue weighted by molar-refractivity contribution is 1.20. The summed E-state index contributed by atoms with van der Waals surface area (Å²) in [4.78, 5) is 4.60. The van der Waals surface area contributed by atoms with E-state index in [1.54, 1.807) is 0 Å². The van der Waals surface area contributed by atoms with Crippen LogP contribution in [0.15, 0.2) is 66.9 Å². The van der Waals surface area contributed by atoms with Crippen molar-refractivity contribution in [3.63, 3.8) is 0 Å². The van der Waals surface area contributed by atoms with Gasteiger partial charge in [0.2, 0.25) is 0 Å². The number of hydrogen-bond acceptors (Lipinski definition) is 1. The SMILES string of the molecule is c1ccc(-c2nccc3c2Cc2ccccc2-3)cc1. The second kappa shape index (κ2) is 4.06. The Kier molecular flexibility index (Phi) is 2.25. The van der Waals surface area contributed by atoms with Crippen LogP contribution in [0.1, 0.15) is 11.1 Å². The molecule has 19 heavy (non-hydrogen) atoms. The lowest BCUT2D eigenvalue weighted by Gasteiger charge is -2.07. The van der Waals surface area contributed by atoms with Crippen LogP contribution in [0.3, 0.4) is 0 Å². The summed E-state index contributed by atoms with van der Waals surface area (Å²) in [6.45, 7) is 0. The zero-order valence-corrected chi connectivity index (χ0v) is 10.5. The monoisotopic (exact) mass is 243 g/mol. The van der Waals surface area contributed by atoms with Crippen LogP contribution in [0.2, 0.25) is 0 Å². The van der Waals surface area contributed by atoms with Crippen molar-refractivity contribution < 1.29 is 0 Å². The number of rotatable bonds is 1. The molecule has 1 aliphatic carbocycles. The van der Waals surface area contributed by atoms with E-state index < -0.39 is 0 Å². The molecule has 90 valence electrons. The quantitative estimate of drug-likeness (QED) is 0.485. The van der Waals surface area contributed by atoms with Gasteiger partial charge in [-0.2, -0.15) is 0 Å². The first-order valence-electron chi connectivity index (χ1n) is 6.55. The summed E-state index contributed by atoms with van der Waals surface area (Å²) in [5.74, 6) is 0. The zero-order valence-electron chi connectivity index (χ0n) is 10.5. The van der Waals surface area contributed by atoms with E-state index in [0.29, 0.717) is 0 Å². The average Bonchev–Trinajstić information content (AvgIpc) is 2.87. The minimum absolute atomic E-state index is 0.990. The van der Waals surface area contributed by atoms with Gasteiger partial charge in [0, 0.05) is 18.2 Å². The van der Waals surface area contributed by atoms with E-state index in [0.717, 1.165) is 12.1 Å². The van der Waals surface area contributed by atoms with Crippen LogP contribution in [0.4, 0.5) is 0 Å². The van der Waals surface area contributed by atoms with E-state index in [1.807, 2.05) is 12.3 Å². The van der Waals surface area contributed by atoms with Gasteiger partial charge in [-0.05, 0) is 28.3 Å². The third-order valence-electron chi connectivity index (χ3n) is 3.78. The summed E-state index contributed by atoms with van der Waals surface area (Å²) in [6.07, 6.45) is 2.91. The van der Waals surface area contributed by atoms with Gasteiger partial charge in [-0.15, -0.1) is 0 Å². The summed E-state index contributed by atoms with van der Waals surface area (Å²) in [5, 5.41) is 0. The van der Waals surface area contributed by atoms with Crippen molar-refractivity contribution in [3.8, 4) is 22.4 Å². The highest BCUT2D eigenvalue weighted by atomic mass is 14.7. The Morgan fingerprint density at radius 3 is 2.42 bits per heavy atom. The molecule has 2 aromatic carbocycles. The zero-order chi connectivity index (χ0) is 12.7. The summed E-state index contributed by atoms with van der Waals surface area (Å²) in [7, 11) is 0. The van der Waals surface area contributed by atoms with Crippen molar-refractivity contribution >= 4 is 0 Å². The maximum atomic E-state index is 4.60. The number of hydrogen-bond donors (Lipinski definition) is 0. The normalized spacial score (nSPS) is 12.0. The molecule has 0 spiro atoms. The highest BCUT2D eigenvalue weighted by Crippen LogP contribution is 2.40. The molecule has 3 aromatic rings. The van der Waals surface area contributed by atoms with Gasteiger partial charge >= 0.3 is 0 Å². The van der Waals surface area contributed by atoms with Crippen LogP contribution in [-0.4, -0.2) is 4.98 Å². The van der Waals surface area contributed by atoms with Gasteiger partial charge < -0.3 is 0 Å². The molecule has 0 aliphatic heterocycles. The van der Waals surface area contributed by atoms with Gasteiger partial charge in [-0.3, -0.25) is 4.98 Å². The van der Waals surface area contributed by atoms with Crippen molar-refractivity contribution in [2.45, 2.75) is 6.42 Å². The molecule has 0 saturated carbocycles. The van der Waals surface area contributed by atoms with E-state index in [-0.39, 0.29) is 0 Å². The largest absolute Gasteiger partial charge is 0.256 e. The highest BCUT2D eigenvalue weighted by molar-refractivity contribution is 5.82. The van der Waals surface area contributed by atoms with Gasteiger partial charge in [-0.25, -0.2) is 0 Å². The molecule has 1 nitrogen and oxygen atoms in total. The minimum Gasteiger partial charge on any atom is -0.256 e. The van der Waals surface area contributed by atoms with E-state index in [9.17, 15) is 0 Å². The molecule has 0 radical (unpaired) electrons. The number of nitrogens with zero attached hydrogens (tertiary/aromatic N) is 1. The van der Waals surface area contributed by atoms with E-state index in [4.69, 9.17) is 0 Å². The van der Waals surface area contributed by atoms with Crippen LogP contribution >= 0.6 is 0 Å². The average molecular weight is 243 g/mol. The molecule has 4 rings (SSSR count). The van der Waals surface area contributed by atoms with E-state index in [1.165, 1.54) is 27.8 Å². The van der Waals surface area contributed by atoms with Gasteiger partial charge in [0.05, 0.1) is 5.69 Å². The number of benzene rings is 2. The van der Waals surface area contributed by atoms with Crippen molar-refractivity contribution in [2.75, 3.05) is 0 Å². The molecule has 0 fully saturated rings. The first-order valence-corrected chi connectivity index (χ1v) is 6.55. The van der Waals surface area contributed by atoms with Crippen molar-refractivity contribution in [3.05, 3.63) is 78.0 Å². The lowest BCUT2D eigenvalue weighted by Crippen LogP contribution is -1.91. The van der Waals surface area contributed by atoms with Gasteiger partial charge in [0.1, 0.15) is 0 Å². The van der Waals surface area contributed by atoms with Crippen molar-refractivity contribution in [1.29, 1.82) is 0 Å². The predicted molar refractivity (Wildman–Crippen MR) is 77.9 cm³/mol. The lowest BCUT2D eigenvalue weighted by atomic mass is 10.0. The van der Waals surface area contributed by atoms with Crippen LogP contribution in [0.5, 0.6) is 0 Å². The van der Waals surface area contributed by atoms with Crippen LogP contribution in [-0.2, 0) is 6.42 Å². The molecule has 0 N–H and O–H groups in total. The Balaban J connectivity index is 1.95. The summed E-state index contributed by atoms with van der Waals surface area (Å²) >= 11 is 0. The third kappa shape index (κ3) is 1.59.